The van der Waals surface area contributed by atoms with Gasteiger partial charge in [-0.15, -0.1) is 0 Å². The smallest absolute Gasteiger partial charge is 0.410 e. The van der Waals surface area contributed by atoms with Crippen molar-refractivity contribution in [3.63, 3.8) is 0 Å². The Morgan fingerprint density at radius 3 is 2.61 bits per heavy atom. The van der Waals surface area contributed by atoms with Crippen LogP contribution in [0.2, 0.25) is 0 Å². The number of hydrogen-bond donors (Lipinski definition) is 2. The molecule has 1 aromatic carbocycles. The monoisotopic (exact) mass is 592 g/mol. The van der Waals surface area contributed by atoms with Gasteiger partial charge in [-0.25, -0.2) is 4.68 Å². The van der Waals surface area contributed by atoms with E-state index in [-0.39, 0.29) is 22.4 Å². The van der Waals surface area contributed by atoms with Gasteiger partial charge >= 0.3 is 6.18 Å². The van der Waals surface area contributed by atoms with Gasteiger partial charge in [-0.3, -0.25) is 4.79 Å². The van der Waals surface area contributed by atoms with Crippen LogP contribution >= 0.6 is 31.9 Å². The maximum atomic E-state index is 13.9. The molecular formula is C20H17Br2F3N4O4. The number of furan rings is 1. The van der Waals surface area contributed by atoms with Crippen LogP contribution in [0.15, 0.2) is 43.9 Å². The molecule has 0 aliphatic carbocycles. The van der Waals surface area contributed by atoms with E-state index < -0.39 is 24.2 Å². The van der Waals surface area contributed by atoms with Crippen LogP contribution in [0.3, 0.4) is 0 Å². The molecule has 0 bridgehead atoms. The zero-order chi connectivity index (χ0) is 23.9. The van der Waals surface area contributed by atoms with Crippen molar-refractivity contribution in [2.45, 2.75) is 24.7 Å². The molecular weight excluding hydrogens is 577 g/mol. The van der Waals surface area contributed by atoms with Crippen molar-refractivity contribution in [2.75, 3.05) is 24.9 Å². The zero-order valence-corrected chi connectivity index (χ0v) is 20.3. The van der Waals surface area contributed by atoms with Crippen molar-refractivity contribution in [3.05, 3.63) is 50.9 Å². The topological polar surface area (TPSA) is 90.5 Å². The quantitative estimate of drug-likeness (QED) is 0.381. The number of benzene rings is 1. The van der Waals surface area contributed by atoms with E-state index in [0.29, 0.717) is 27.6 Å². The Balaban J connectivity index is 1.69. The molecule has 4 rings (SSSR count). The highest BCUT2D eigenvalue weighted by Gasteiger charge is 2.48. The summed E-state index contributed by atoms with van der Waals surface area (Å²) in [6.07, 6.45) is -4.96. The molecule has 2 atom stereocenters. The van der Waals surface area contributed by atoms with E-state index in [0.717, 1.165) is 4.68 Å². The first kappa shape index (κ1) is 23.5. The van der Waals surface area contributed by atoms with Crippen molar-refractivity contribution >= 4 is 49.3 Å². The predicted octanol–water partition coefficient (Wildman–Crippen LogP) is 5.93. The molecule has 8 nitrogen and oxygen atoms in total. The Kier molecular flexibility index (Phi) is 6.36. The van der Waals surface area contributed by atoms with Gasteiger partial charge in [-0.2, -0.15) is 18.3 Å². The second-order valence-electron chi connectivity index (χ2n) is 7.11. The average Bonchev–Trinajstić information content (AvgIpc) is 3.36. The Labute approximate surface area is 202 Å². The zero-order valence-electron chi connectivity index (χ0n) is 17.2. The Bertz CT molecular complexity index is 1190. The summed E-state index contributed by atoms with van der Waals surface area (Å²) in [4.78, 5) is 12.9. The summed E-state index contributed by atoms with van der Waals surface area (Å²) in [5.74, 6) is 0.457. The summed E-state index contributed by atoms with van der Waals surface area (Å²) in [7, 11) is 2.90. The van der Waals surface area contributed by atoms with Gasteiger partial charge < -0.3 is 24.5 Å². The number of halogens is 5. The number of methoxy groups -OCH3 is 2. The molecule has 3 aromatic rings. The second-order valence-corrected chi connectivity index (χ2v) is 8.68. The average molecular weight is 594 g/mol. The van der Waals surface area contributed by atoms with E-state index in [1.54, 1.807) is 30.3 Å². The highest BCUT2D eigenvalue weighted by molar-refractivity contribution is 9.10. The lowest BCUT2D eigenvalue weighted by Gasteiger charge is -2.32. The van der Waals surface area contributed by atoms with Gasteiger partial charge in [0.1, 0.15) is 23.1 Å². The van der Waals surface area contributed by atoms with E-state index in [4.69, 9.17) is 13.9 Å². The molecule has 0 saturated heterocycles. The molecule has 1 aliphatic rings. The highest BCUT2D eigenvalue weighted by atomic mass is 79.9. The van der Waals surface area contributed by atoms with Crippen molar-refractivity contribution in [2.24, 2.45) is 0 Å². The molecule has 0 radical (unpaired) electrons. The summed E-state index contributed by atoms with van der Waals surface area (Å²) < 4.78 is 58.8. The number of rotatable bonds is 5. The third-order valence-electron chi connectivity index (χ3n) is 5.11. The number of nitrogens with one attached hydrogen (secondary N) is 2. The molecule has 2 aromatic heterocycles. The molecule has 13 heteroatoms. The standard InChI is InChI=1S/C20H17Br2F3N4O4/c1-31-9-3-4-10(13(7-9)32-2)27-19(30)17-16(22)18-26-11(12-5-6-15(21)33-12)8-14(20(23,24)25)29(18)28-17/h3-7,11,14,26H,8H2,1-2H3,(H,27,30)/t11-,14+/m1/s1. The van der Waals surface area contributed by atoms with Crippen LogP contribution in [0.1, 0.15) is 34.8 Å². The number of amides is 1. The maximum absolute atomic E-state index is 13.9. The van der Waals surface area contributed by atoms with Gasteiger partial charge in [0.15, 0.2) is 16.4 Å². The first-order valence-electron chi connectivity index (χ1n) is 9.52. The molecule has 1 aliphatic heterocycles. The molecule has 0 saturated carbocycles. The Morgan fingerprint density at radius 1 is 1.24 bits per heavy atom. The van der Waals surface area contributed by atoms with Gasteiger partial charge in [0.05, 0.1) is 30.4 Å². The highest BCUT2D eigenvalue weighted by Crippen LogP contribution is 2.46. The van der Waals surface area contributed by atoms with Gasteiger partial charge in [-0.05, 0) is 56.1 Å². The Morgan fingerprint density at radius 2 is 2.00 bits per heavy atom. The van der Waals surface area contributed by atoms with E-state index in [1.807, 2.05) is 0 Å². The van der Waals surface area contributed by atoms with Crippen molar-refractivity contribution < 1.29 is 31.9 Å². The molecule has 0 spiro atoms. The number of aromatic nitrogens is 2. The van der Waals surface area contributed by atoms with Crippen LogP contribution in [0.4, 0.5) is 24.7 Å². The van der Waals surface area contributed by atoms with Gasteiger partial charge in [-0.1, -0.05) is 0 Å². The number of fused-ring (bicyclic) bond motifs is 1. The fraction of sp³-hybridized carbons (Fsp3) is 0.300. The number of ether oxygens (including phenoxy) is 2. The van der Waals surface area contributed by atoms with Crippen LogP contribution in [-0.4, -0.2) is 36.1 Å². The number of nitrogens with zero attached hydrogens (tertiary/aromatic N) is 2. The van der Waals surface area contributed by atoms with Crippen molar-refractivity contribution in [1.82, 2.24) is 9.78 Å². The van der Waals surface area contributed by atoms with Gasteiger partial charge in [0.2, 0.25) is 0 Å². The fourth-order valence-electron chi connectivity index (χ4n) is 3.52. The first-order chi connectivity index (χ1) is 15.6. The number of carbonyl (C=O) groups excluding carboxylic acids is 1. The maximum Gasteiger partial charge on any atom is 0.410 e. The van der Waals surface area contributed by atoms with E-state index in [9.17, 15) is 18.0 Å². The molecule has 0 unspecified atom stereocenters. The Hall–Kier alpha value is -2.67. The lowest BCUT2D eigenvalue weighted by Crippen LogP contribution is -2.35. The second kappa shape index (κ2) is 8.93. The van der Waals surface area contributed by atoms with Crippen LogP contribution in [0, 0.1) is 0 Å². The molecule has 33 heavy (non-hydrogen) atoms. The van der Waals surface area contributed by atoms with Crippen LogP contribution in [-0.2, 0) is 0 Å². The molecule has 0 fully saturated rings. The fourth-order valence-corrected chi connectivity index (χ4v) is 4.39. The minimum atomic E-state index is -4.60. The van der Waals surface area contributed by atoms with Crippen LogP contribution < -0.4 is 20.1 Å². The minimum Gasteiger partial charge on any atom is -0.497 e. The number of anilines is 2. The van der Waals surface area contributed by atoms with Crippen LogP contribution in [0.25, 0.3) is 0 Å². The SMILES string of the molecule is COc1ccc(NC(=O)c2nn3c(c2Br)N[C@@H](c2ccc(Br)o2)C[C@H]3C(F)(F)F)c(OC)c1. The molecule has 176 valence electrons. The summed E-state index contributed by atoms with van der Waals surface area (Å²) in [6, 6.07) is 5.17. The first-order valence-corrected chi connectivity index (χ1v) is 11.1. The van der Waals surface area contributed by atoms with Crippen molar-refractivity contribution in [1.29, 1.82) is 0 Å². The summed E-state index contributed by atoms with van der Waals surface area (Å²) in [6.45, 7) is 0. The predicted molar refractivity (Wildman–Crippen MR) is 120 cm³/mol. The summed E-state index contributed by atoms with van der Waals surface area (Å²) >= 11 is 6.40. The minimum absolute atomic E-state index is 0.0212. The van der Waals surface area contributed by atoms with E-state index in [1.165, 1.54) is 14.2 Å². The van der Waals surface area contributed by atoms with Crippen LogP contribution in [0.5, 0.6) is 11.5 Å². The molecule has 3 heterocycles. The van der Waals surface area contributed by atoms with E-state index in [2.05, 4.69) is 47.6 Å². The number of carbonyl (C=O) groups is 1. The summed E-state index contributed by atoms with van der Waals surface area (Å²) in [5.41, 5.74) is 0.0886. The lowest BCUT2D eigenvalue weighted by molar-refractivity contribution is -0.174. The van der Waals surface area contributed by atoms with Crippen molar-refractivity contribution in [3.8, 4) is 11.5 Å². The molecule has 1 amide bonds. The number of hydrogen-bond acceptors (Lipinski definition) is 6. The summed E-state index contributed by atoms with van der Waals surface area (Å²) in [5, 5.41) is 9.60. The number of alkyl halides is 3. The third-order valence-corrected chi connectivity index (χ3v) is 6.28. The van der Waals surface area contributed by atoms with Gasteiger partial charge in [0.25, 0.3) is 5.91 Å². The van der Waals surface area contributed by atoms with E-state index >= 15 is 0 Å². The third kappa shape index (κ3) is 4.56. The lowest BCUT2D eigenvalue weighted by atomic mass is 10.0. The van der Waals surface area contributed by atoms with Gasteiger partial charge in [0, 0.05) is 12.5 Å². The normalized spacial score (nSPS) is 17.8. The molecule has 2 N–H and O–H groups in total. The largest absolute Gasteiger partial charge is 0.497 e.